The molecule has 0 aliphatic heterocycles. The minimum atomic E-state index is -1.00. The molecule has 14 nitrogen and oxygen atoms in total. The summed E-state index contributed by atoms with van der Waals surface area (Å²) in [7, 11) is -1.00. The third-order valence-corrected chi connectivity index (χ3v) is 9.92. The monoisotopic (exact) mass is 1150 g/mol. The number of rotatable bonds is 19. The highest BCUT2D eigenvalue weighted by molar-refractivity contribution is 6.40. The maximum absolute atomic E-state index is 11.5. The molecule has 448 valence electrons. The van der Waals surface area contributed by atoms with Gasteiger partial charge >= 0.3 is 23.9 Å². The number of ether oxygens (including phenoxy) is 4. The molecule has 0 aliphatic rings. The molecule has 79 heavy (non-hydrogen) atoms. The summed E-state index contributed by atoms with van der Waals surface area (Å²) in [5, 5.41) is 49.0. The topological polar surface area (TPSA) is 232 Å². The second-order valence-electron chi connectivity index (χ2n) is 20.9. The molecule has 0 aliphatic carbocycles. The highest BCUT2D eigenvalue weighted by Gasteiger charge is 2.19. The van der Waals surface area contributed by atoms with E-state index in [-0.39, 0.29) is 41.4 Å². The number of aryl methyl sites for hydroxylation is 2. The van der Waals surface area contributed by atoms with Gasteiger partial charge in [0, 0.05) is 26.2 Å². The van der Waals surface area contributed by atoms with Gasteiger partial charge in [0.15, 0.2) is 0 Å². The van der Waals surface area contributed by atoms with Gasteiger partial charge in [-0.3, -0.25) is 23.6 Å². The molecule has 0 fully saturated rings. The number of nitrogens with two attached hydrogens (primary N) is 1. The number of hydrogen-bond donors (Lipinski definition) is 6. The largest absolute Gasteiger partial charge is 0.508 e. The Morgan fingerprint density at radius 3 is 1.13 bits per heavy atom. The maximum atomic E-state index is 11.5. The zero-order valence-corrected chi connectivity index (χ0v) is 50.7. The van der Waals surface area contributed by atoms with Crippen LogP contribution in [0, 0.1) is 13.8 Å². The molecule has 0 radical (unpaired) electrons. The Balaban J connectivity index is -0.000000934. The number of aromatic hydroxyl groups is 1. The smallest absolute Gasteiger partial charge is 0.306 e. The van der Waals surface area contributed by atoms with Crippen molar-refractivity contribution in [2.24, 2.45) is 5.73 Å². The second-order valence-corrected chi connectivity index (χ2v) is 21.7. The third kappa shape index (κ3) is 47.4. The fourth-order valence-electron chi connectivity index (χ4n) is 6.69. The Bertz CT molecular complexity index is 2040. The van der Waals surface area contributed by atoms with Crippen LogP contribution >= 0.6 is 23.2 Å². The van der Waals surface area contributed by atoms with Gasteiger partial charge in [0.05, 0.1) is 44.9 Å². The van der Waals surface area contributed by atoms with Crippen LogP contribution in [0.4, 0.5) is 4.39 Å². The van der Waals surface area contributed by atoms with Crippen LogP contribution in [0.2, 0.25) is 0 Å². The molecule has 4 aromatic carbocycles. The first-order chi connectivity index (χ1) is 37.3. The zero-order chi connectivity index (χ0) is 61.9. The lowest BCUT2D eigenvalue weighted by atomic mass is 10.0. The molecule has 4 aromatic rings. The number of aliphatic hydroxyl groups excluding tert-OH is 4. The lowest BCUT2D eigenvalue weighted by molar-refractivity contribution is -0.156. The van der Waals surface area contributed by atoms with Gasteiger partial charge in [-0.05, 0) is 169 Å². The summed E-state index contributed by atoms with van der Waals surface area (Å²) in [5.74, 6) is -0.746. The highest BCUT2D eigenvalue weighted by atomic mass is 35.5. The van der Waals surface area contributed by atoms with Crippen LogP contribution in [0.3, 0.4) is 0 Å². The summed E-state index contributed by atoms with van der Waals surface area (Å²) in [6, 6.07) is 31.7. The van der Waals surface area contributed by atoms with Crippen LogP contribution in [0.15, 0.2) is 103 Å². The normalized spacial score (nSPS) is 12.3. The van der Waals surface area contributed by atoms with Crippen LogP contribution in [0.5, 0.6) is 5.75 Å². The van der Waals surface area contributed by atoms with E-state index in [0.29, 0.717) is 76.5 Å². The summed E-state index contributed by atoms with van der Waals surface area (Å²) >= 11 is 9.53. The van der Waals surface area contributed by atoms with Crippen molar-refractivity contribution in [3.8, 4) is 5.75 Å². The number of esters is 4. The van der Waals surface area contributed by atoms with Crippen molar-refractivity contribution in [2.45, 2.75) is 195 Å². The van der Waals surface area contributed by atoms with E-state index in [1.54, 1.807) is 25.1 Å². The Morgan fingerprint density at radius 2 is 0.861 bits per heavy atom. The molecule has 0 heterocycles. The van der Waals surface area contributed by atoms with E-state index in [1.807, 2.05) is 155 Å². The van der Waals surface area contributed by atoms with Crippen LogP contribution in [0.1, 0.15) is 200 Å². The van der Waals surface area contributed by atoms with Gasteiger partial charge in [-0.1, -0.05) is 102 Å². The summed E-state index contributed by atoms with van der Waals surface area (Å²) < 4.78 is 35.5. The first kappa shape index (κ1) is 75.9. The molecule has 4 rings (SSSR count). The van der Waals surface area contributed by atoms with Crippen LogP contribution in [-0.2, 0) is 38.1 Å². The van der Waals surface area contributed by atoms with E-state index in [0.717, 1.165) is 27.8 Å². The van der Waals surface area contributed by atoms with Gasteiger partial charge in [0.2, 0.25) is 0 Å². The fourth-order valence-corrected chi connectivity index (χ4v) is 6.69. The summed E-state index contributed by atoms with van der Waals surface area (Å²) in [6.45, 7) is 24.8. The lowest BCUT2D eigenvalue weighted by Gasteiger charge is -2.19. The Morgan fingerprint density at radius 1 is 0.557 bits per heavy atom. The molecule has 4 atom stereocenters. The SMILES string of the molecule is CC(C)(C)OC(=O)CCC[C@@H](O)c1cccc(O)c1.CCOC(C)=O.Cc1cccc([C@H](O)CCCC(=O)OC(C)(C)C)c1.Cc1cccc([C@H](O)CCCC(=O)OC(C)(C)C)c1.ClCCl.NCC[C@@H](O)c1ccccc1.[2H]CF. The number of aliphatic hydroxyl groups is 4. The Hall–Kier alpha value is -5.13. The van der Waals surface area contributed by atoms with Crippen molar-refractivity contribution in [1.82, 2.24) is 0 Å². The summed E-state index contributed by atoms with van der Waals surface area (Å²) in [5.41, 5.74) is 9.63. The summed E-state index contributed by atoms with van der Waals surface area (Å²) in [4.78, 5) is 44.4. The second kappa shape index (κ2) is 44.6. The molecule has 0 spiro atoms. The van der Waals surface area contributed by atoms with E-state index >= 15 is 0 Å². The van der Waals surface area contributed by atoms with Crippen LogP contribution in [-0.4, -0.2) is 91.9 Å². The number of carbonyl (C=O) groups is 4. The van der Waals surface area contributed by atoms with Gasteiger partial charge in [0.25, 0.3) is 0 Å². The number of carbonyl (C=O) groups excluding carboxylic acids is 4. The number of benzene rings is 4. The minimum absolute atomic E-state index is 0.128. The lowest BCUT2D eigenvalue weighted by Crippen LogP contribution is -2.23. The number of hydrogen-bond acceptors (Lipinski definition) is 14. The molecule has 0 saturated carbocycles. The molecule has 0 amide bonds. The van der Waals surface area contributed by atoms with Crippen molar-refractivity contribution in [3.63, 3.8) is 0 Å². The minimum Gasteiger partial charge on any atom is -0.508 e. The van der Waals surface area contributed by atoms with Crippen molar-refractivity contribution in [2.75, 3.05) is 25.6 Å². The van der Waals surface area contributed by atoms with E-state index in [1.165, 1.54) is 13.0 Å². The van der Waals surface area contributed by atoms with Crippen molar-refractivity contribution in [3.05, 3.63) is 137 Å². The van der Waals surface area contributed by atoms with E-state index in [4.69, 9.17) is 44.5 Å². The predicted octanol–water partition coefficient (Wildman–Crippen LogP) is 13.7. The molecule has 0 unspecified atom stereocenters. The van der Waals surface area contributed by atoms with Crippen LogP contribution in [0.25, 0.3) is 0 Å². The molecular formula is C62H96Cl2FNO13. The first-order valence-electron chi connectivity index (χ1n) is 27.1. The van der Waals surface area contributed by atoms with E-state index in [9.17, 15) is 49.1 Å². The predicted molar refractivity (Wildman–Crippen MR) is 315 cm³/mol. The van der Waals surface area contributed by atoms with Gasteiger partial charge < -0.3 is 50.2 Å². The highest BCUT2D eigenvalue weighted by Crippen LogP contribution is 2.25. The molecular weight excluding hydrogens is 1060 g/mol. The standard InChI is InChI=1S/2C16H24O3.C15H22O4.C9H13NO.C4H8O2.CH2Cl2.CH3F/c2*1-12-7-5-8-13(11-12)14(17)9-6-10-15(18)19-16(2,3)4;1-15(2,3)19-14(18)9-5-8-13(17)11-6-4-7-12(16)10-11;10-7-6-9(11)8-4-2-1-3-5-8;1-3-6-4(2)5;2-1-3;1-2/h2*5,7-8,11,14,17H,6,9-10H2,1-4H3;4,6-7,10,13,16-17H,5,8-9H2,1-3H3;1-5,9,11H,6-7,10H2;3H2,1-2H3;1H2;1H3/t2*14-;13-;9-;;;/m1111.../s1/i;;;;;;1D. The van der Waals surface area contributed by atoms with Gasteiger partial charge in [-0.25, -0.2) is 0 Å². The van der Waals surface area contributed by atoms with Gasteiger partial charge in [-0.2, -0.15) is 0 Å². The number of alkyl halides is 3. The third-order valence-electron chi connectivity index (χ3n) is 9.92. The van der Waals surface area contributed by atoms with Crippen molar-refractivity contribution >= 4 is 47.1 Å². The fraction of sp³-hybridized carbons (Fsp3) is 0.548. The average Bonchev–Trinajstić information content (AvgIpc) is 3.34. The zero-order valence-electron chi connectivity index (χ0n) is 50.2. The van der Waals surface area contributed by atoms with Crippen molar-refractivity contribution in [1.29, 1.82) is 0 Å². The first-order valence-corrected chi connectivity index (χ1v) is 27.5. The Kier molecular flexibility index (Phi) is 42.9. The quantitative estimate of drug-likeness (QED) is 0.0291. The van der Waals surface area contributed by atoms with Gasteiger partial charge in [-0.15, -0.1) is 23.2 Å². The Labute approximate surface area is 483 Å². The number of phenols is 1. The van der Waals surface area contributed by atoms with Crippen LogP contribution < -0.4 is 5.73 Å². The number of phenolic OH excluding ortho intramolecular Hbond substituents is 1. The maximum Gasteiger partial charge on any atom is 0.306 e. The molecule has 17 heteroatoms. The molecule has 0 saturated heterocycles. The molecule has 7 N–H and O–H groups in total. The molecule has 0 aromatic heterocycles. The molecule has 0 bridgehead atoms. The number of halogens is 3. The van der Waals surface area contributed by atoms with Gasteiger partial charge in [0.1, 0.15) is 22.6 Å². The summed E-state index contributed by atoms with van der Waals surface area (Å²) in [6.07, 6.45) is 2.92. The van der Waals surface area contributed by atoms with Crippen molar-refractivity contribution < 1.29 is 69.4 Å². The van der Waals surface area contributed by atoms with E-state index < -0.39 is 48.4 Å². The van der Waals surface area contributed by atoms with E-state index in [2.05, 4.69) is 4.74 Å². The average molecular weight is 1150 g/mol.